The van der Waals surface area contributed by atoms with Crippen LogP contribution in [0.25, 0.3) is 0 Å². The molecule has 0 saturated carbocycles. The lowest BCUT2D eigenvalue weighted by atomic mass is 10.1. The Morgan fingerprint density at radius 1 is 1.32 bits per heavy atom. The van der Waals surface area contributed by atoms with Crippen LogP contribution < -0.4 is 9.80 Å². The maximum atomic E-state index is 13.1. The van der Waals surface area contributed by atoms with Crippen LogP contribution in [0.1, 0.15) is 22.3 Å². The highest BCUT2D eigenvalue weighted by Gasteiger charge is 2.40. The van der Waals surface area contributed by atoms with Gasteiger partial charge in [0.1, 0.15) is 0 Å². The lowest BCUT2D eigenvalue weighted by Crippen LogP contribution is -2.46. The number of carbonyl (C=O) groups excluding carboxylic acids is 1. The molecule has 1 atom stereocenters. The molecule has 5 heteroatoms. The Hall–Kier alpha value is -2.07. The Bertz CT molecular complexity index is 761. The number of benzene rings is 1. The molecule has 112 valence electrons. The third kappa shape index (κ3) is 1.91. The van der Waals surface area contributed by atoms with Gasteiger partial charge in [0.25, 0.3) is 5.91 Å². The molecule has 2 aromatic rings. The average molecular weight is 314 g/mol. The van der Waals surface area contributed by atoms with Gasteiger partial charge in [0, 0.05) is 29.9 Å². The highest BCUT2D eigenvalue weighted by Crippen LogP contribution is 2.39. The quantitative estimate of drug-likeness (QED) is 0.810. The summed E-state index contributed by atoms with van der Waals surface area (Å²) in [6.45, 7) is 3.74. The fourth-order valence-corrected chi connectivity index (χ4v) is 3.57. The van der Waals surface area contributed by atoms with Crippen molar-refractivity contribution in [3.63, 3.8) is 0 Å². The molecule has 0 N–H and O–H groups in total. The maximum absolute atomic E-state index is 13.1. The first-order valence-corrected chi connectivity index (χ1v) is 7.83. The van der Waals surface area contributed by atoms with Crippen molar-refractivity contribution in [1.82, 2.24) is 4.98 Å². The third-order valence-corrected chi connectivity index (χ3v) is 4.99. The second-order valence-corrected chi connectivity index (χ2v) is 6.23. The Morgan fingerprint density at radius 2 is 2.18 bits per heavy atom. The van der Waals surface area contributed by atoms with E-state index in [0.717, 1.165) is 36.6 Å². The van der Waals surface area contributed by atoms with Crippen molar-refractivity contribution >= 4 is 29.0 Å². The summed E-state index contributed by atoms with van der Waals surface area (Å²) in [7, 11) is 0. The third-order valence-electron chi connectivity index (χ3n) is 4.58. The average Bonchev–Trinajstić information content (AvgIpc) is 2.95. The summed E-state index contributed by atoms with van der Waals surface area (Å²) in [5.74, 6) is 0.757. The van der Waals surface area contributed by atoms with E-state index in [1.165, 1.54) is 0 Å². The molecule has 3 heterocycles. The minimum Gasteiger partial charge on any atom is -0.366 e. The summed E-state index contributed by atoms with van der Waals surface area (Å²) < 4.78 is 0. The van der Waals surface area contributed by atoms with Crippen LogP contribution in [0, 0.1) is 6.92 Å². The van der Waals surface area contributed by atoms with Crippen molar-refractivity contribution in [3.8, 4) is 0 Å². The van der Waals surface area contributed by atoms with Crippen molar-refractivity contribution in [2.45, 2.75) is 19.4 Å². The summed E-state index contributed by atoms with van der Waals surface area (Å²) in [6.07, 6.45) is 2.72. The number of hydrogen-bond donors (Lipinski definition) is 0. The Balaban J connectivity index is 1.82. The number of hydrogen-bond acceptors (Lipinski definition) is 3. The van der Waals surface area contributed by atoms with Gasteiger partial charge < -0.3 is 4.90 Å². The molecule has 1 aromatic heterocycles. The van der Waals surface area contributed by atoms with E-state index in [-0.39, 0.29) is 11.9 Å². The smallest absolute Gasteiger partial charge is 0.260 e. The molecular formula is C17H16ClN3O. The van der Waals surface area contributed by atoms with Gasteiger partial charge in [-0.05, 0) is 43.2 Å². The molecule has 4 nitrogen and oxygen atoms in total. The predicted molar refractivity (Wildman–Crippen MR) is 87.9 cm³/mol. The Labute approximate surface area is 134 Å². The van der Waals surface area contributed by atoms with E-state index in [4.69, 9.17) is 11.6 Å². The van der Waals surface area contributed by atoms with Gasteiger partial charge in [-0.25, -0.2) is 4.98 Å². The SMILES string of the molecule is Cc1c(Cl)cccc1C(=O)N1c2ncccc2N2CCC1C2. The molecule has 1 fully saturated rings. The maximum Gasteiger partial charge on any atom is 0.260 e. The van der Waals surface area contributed by atoms with Gasteiger partial charge in [0.15, 0.2) is 5.82 Å². The number of anilines is 2. The van der Waals surface area contributed by atoms with Crippen LogP contribution in [0.4, 0.5) is 11.5 Å². The number of fused-ring (bicyclic) bond motifs is 4. The van der Waals surface area contributed by atoms with Crippen LogP contribution in [0.2, 0.25) is 5.02 Å². The molecule has 1 unspecified atom stereocenters. The minimum absolute atomic E-state index is 0.00787. The monoisotopic (exact) mass is 313 g/mol. The number of nitrogens with zero attached hydrogens (tertiary/aromatic N) is 3. The summed E-state index contributed by atoms with van der Waals surface area (Å²) >= 11 is 6.18. The molecule has 1 saturated heterocycles. The molecular weight excluding hydrogens is 298 g/mol. The number of aromatic nitrogens is 1. The lowest BCUT2D eigenvalue weighted by molar-refractivity contribution is 0.0976. The largest absolute Gasteiger partial charge is 0.366 e. The van der Waals surface area contributed by atoms with Gasteiger partial charge >= 0.3 is 0 Å². The molecule has 0 spiro atoms. The van der Waals surface area contributed by atoms with Gasteiger partial charge in [0.05, 0.1) is 11.7 Å². The van der Waals surface area contributed by atoms with Crippen molar-refractivity contribution < 1.29 is 4.79 Å². The van der Waals surface area contributed by atoms with Crippen molar-refractivity contribution in [3.05, 3.63) is 52.7 Å². The number of rotatable bonds is 1. The normalized spacial score (nSPS) is 19.3. The molecule has 2 bridgehead atoms. The number of carbonyl (C=O) groups is 1. The van der Waals surface area contributed by atoms with Crippen LogP contribution in [0.5, 0.6) is 0 Å². The van der Waals surface area contributed by atoms with Gasteiger partial charge in [-0.1, -0.05) is 17.7 Å². The summed E-state index contributed by atoms with van der Waals surface area (Å²) in [5, 5.41) is 0.622. The fourth-order valence-electron chi connectivity index (χ4n) is 3.40. The van der Waals surface area contributed by atoms with E-state index < -0.39 is 0 Å². The van der Waals surface area contributed by atoms with Crippen LogP contribution in [-0.4, -0.2) is 30.0 Å². The van der Waals surface area contributed by atoms with E-state index in [0.29, 0.717) is 10.6 Å². The van der Waals surface area contributed by atoms with Gasteiger partial charge in [-0.3, -0.25) is 9.69 Å². The van der Waals surface area contributed by atoms with E-state index in [1.807, 2.05) is 42.2 Å². The predicted octanol–water partition coefficient (Wildman–Crippen LogP) is 3.28. The van der Waals surface area contributed by atoms with E-state index >= 15 is 0 Å². The number of halogens is 1. The van der Waals surface area contributed by atoms with E-state index in [1.54, 1.807) is 6.20 Å². The van der Waals surface area contributed by atoms with Crippen LogP contribution >= 0.6 is 11.6 Å². The summed E-state index contributed by atoms with van der Waals surface area (Å²) in [4.78, 5) is 21.8. The highest BCUT2D eigenvalue weighted by molar-refractivity contribution is 6.32. The van der Waals surface area contributed by atoms with Crippen molar-refractivity contribution in [2.75, 3.05) is 22.9 Å². The minimum atomic E-state index is -0.00787. The van der Waals surface area contributed by atoms with Gasteiger partial charge in [-0.15, -0.1) is 0 Å². The summed E-state index contributed by atoms with van der Waals surface area (Å²) in [6, 6.07) is 9.63. The summed E-state index contributed by atoms with van der Waals surface area (Å²) in [5.41, 5.74) is 2.53. The molecule has 1 aromatic carbocycles. The molecule has 4 rings (SSSR count). The molecule has 22 heavy (non-hydrogen) atoms. The first-order chi connectivity index (χ1) is 10.7. The standard InChI is InChI=1S/C17H16ClN3O/c1-11-13(4-2-5-14(11)18)17(22)21-12-7-9-20(10-12)15-6-3-8-19-16(15)21/h2-6,8,12H,7,9-10H2,1H3. The topological polar surface area (TPSA) is 36.4 Å². The molecule has 0 aliphatic carbocycles. The first-order valence-electron chi connectivity index (χ1n) is 7.45. The molecule has 0 radical (unpaired) electrons. The van der Waals surface area contributed by atoms with Gasteiger partial charge in [0.2, 0.25) is 0 Å². The van der Waals surface area contributed by atoms with Crippen molar-refractivity contribution in [1.29, 1.82) is 0 Å². The number of pyridine rings is 1. The first kappa shape index (κ1) is 13.6. The Kier molecular flexibility index (Phi) is 3.08. The van der Waals surface area contributed by atoms with Crippen LogP contribution in [0.15, 0.2) is 36.5 Å². The Morgan fingerprint density at radius 3 is 3.05 bits per heavy atom. The molecule has 2 aliphatic heterocycles. The molecule has 2 aliphatic rings. The van der Waals surface area contributed by atoms with E-state index in [9.17, 15) is 4.79 Å². The fraction of sp³-hybridized carbons (Fsp3) is 0.294. The number of amides is 1. The lowest BCUT2D eigenvalue weighted by Gasteiger charge is -2.35. The zero-order valence-electron chi connectivity index (χ0n) is 12.3. The van der Waals surface area contributed by atoms with Gasteiger partial charge in [-0.2, -0.15) is 0 Å². The zero-order valence-corrected chi connectivity index (χ0v) is 13.0. The zero-order chi connectivity index (χ0) is 15.3. The second kappa shape index (κ2) is 4.99. The van der Waals surface area contributed by atoms with Crippen molar-refractivity contribution in [2.24, 2.45) is 0 Å². The van der Waals surface area contributed by atoms with E-state index in [2.05, 4.69) is 9.88 Å². The second-order valence-electron chi connectivity index (χ2n) is 5.82. The van der Waals surface area contributed by atoms with Crippen LogP contribution in [-0.2, 0) is 0 Å². The van der Waals surface area contributed by atoms with Crippen LogP contribution in [0.3, 0.4) is 0 Å². The highest BCUT2D eigenvalue weighted by atomic mass is 35.5. The molecule has 1 amide bonds.